The number of carbonyl (C=O) groups is 1. The van der Waals surface area contributed by atoms with Crippen LogP contribution in [-0.4, -0.2) is 68.0 Å². The molecule has 2 aliphatic heterocycles. The van der Waals surface area contributed by atoms with E-state index in [-0.39, 0.29) is 18.2 Å². The number of likely N-dealkylation sites (tertiary alicyclic amines) is 1. The van der Waals surface area contributed by atoms with Crippen LogP contribution in [-0.2, 0) is 4.74 Å². The molecule has 2 amide bonds. The van der Waals surface area contributed by atoms with Gasteiger partial charge in [-0.25, -0.2) is 9.78 Å². The first-order chi connectivity index (χ1) is 13.2. The summed E-state index contributed by atoms with van der Waals surface area (Å²) in [4.78, 5) is 21.3. The van der Waals surface area contributed by atoms with Crippen LogP contribution in [0.2, 0.25) is 0 Å². The van der Waals surface area contributed by atoms with Crippen LogP contribution in [0.1, 0.15) is 32.1 Å². The maximum atomic E-state index is 12.6. The Balaban J connectivity index is 1.33. The van der Waals surface area contributed by atoms with Gasteiger partial charge in [-0.1, -0.05) is 0 Å². The first-order valence-electron chi connectivity index (χ1n) is 10.2. The zero-order valence-corrected chi connectivity index (χ0v) is 16.1. The molecule has 1 aromatic rings. The highest BCUT2D eigenvalue weighted by molar-refractivity contribution is 5.75. The van der Waals surface area contributed by atoms with E-state index in [1.54, 1.807) is 7.11 Å². The molecule has 7 heteroatoms. The number of aromatic nitrogens is 1. The summed E-state index contributed by atoms with van der Waals surface area (Å²) in [5.74, 6) is 2.34. The second-order valence-electron chi connectivity index (χ2n) is 7.84. The summed E-state index contributed by atoms with van der Waals surface area (Å²) in [5.41, 5.74) is 0. The SMILES string of the molecule is COC[C@H](NC(=O)N1CC[C@H](Oc2cccnc2N2CCCC2)C1)C1CC1. The van der Waals surface area contributed by atoms with Gasteiger partial charge in [-0.15, -0.1) is 0 Å². The quantitative estimate of drug-likeness (QED) is 0.793. The van der Waals surface area contributed by atoms with Crippen LogP contribution in [0.15, 0.2) is 18.3 Å². The Kier molecular flexibility index (Phi) is 5.66. The lowest BCUT2D eigenvalue weighted by molar-refractivity contribution is 0.147. The van der Waals surface area contributed by atoms with E-state index in [2.05, 4.69) is 15.2 Å². The van der Waals surface area contributed by atoms with E-state index in [1.807, 2.05) is 23.2 Å². The van der Waals surface area contributed by atoms with Crippen LogP contribution < -0.4 is 15.0 Å². The lowest BCUT2D eigenvalue weighted by Crippen LogP contribution is -2.47. The van der Waals surface area contributed by atoms with Crippen molar-refractivity contribution in [2.24, 2.45) is 5.92 Å². The van der Waals surface area contributed by atoms with Gasteiger partial charge in [-0.05, 0) is 43.7 Å². The van der Waals surface area contributed by atoms with Crippen LogP contribution >= 0.6 is 0 Å². The maximum Gasteiger partial charge on any atom is 0.317 e. The molecule has 148 valence electrons. The van der Waals surface area contributed by atoms with Gasteiger partial charge in [0.15, 0.2) is 11.6 Å². The summed E-state index contributed by atoms with van der Waals surface area (Å²) in [6, 6.07) is 4.04. The number of hydrogen-bond acceptors (Lipinski definition) is 5. The molecular formula is C20H30N4O3. The largest absolute Gasteiger partial charge is 0.485 e. The van der Waals surface area contributed by atoms with Gasteiger partial charge in [0.2, 0.25) is 0 Å². The molecule has 0 spiro atoms. The number of rotatable bonds is 7. The molecule has 2 atom stereocenters. The van der Waals surface area contributed by atoms with Gasteiger partial charge in [0, 0.05) is 39.4 Å². The van der Waals surface area contributed by atoms with E-state index in [0.717, 1.165) is 37.6 Å². The number of amides is 2. The van der Waals surface area contributed by atoms with Gasteiger partial charge in [0.25, 0.3) is 0 Å². The van der Waals surface area contributed by atoms with Crippen molar-refractivity contribution in [2.45, 2.75) is 44.2 Å². The minimum atomic E-state index is 0.000929. The Morgan fingerprint density at radius 1 is 1.30 bits per heavy atom. The second-order valence-corrected chi connectivity index (χ2v) is 7.84. The molecule has 4 rings (SSSR count). The third-order valence-corrected chi connectivity index (χ3v) is 5.73. The van der Waals surface area contributed by atoms with E-state index in [4.69, 9.17) is 9.47 Å². The smallest absolute Gasteiger partial charge is 0.317 e. The standard InChI is InChI=1S/C20H30N4O3/c1-26-14-17(15-6-7-15)22-20(25)24-12-8-16(13-24)27-18-5-4-9-21-19(18)23-10-2-3-11-23/h4-5,9,15-17H,2-3,6-8,10-14H2,1H3,(H,22,25)/t16-,17-/m0/s1. The molecule has 3 fully saturated rings. The van der Waals surface area contributed by atoms with Crippen LogP contribution in [0.5, 0.6) is 5.75 Å². The van der Waals surface area contributed by atoms with Gasteiger partial charge in [-0.3, -0.25) is 0 Å². The van der Waals surface area contributed by atoms with Gasteiger partial charge in [0.05, 0.1) is 19.2 Å². The van der Waals surface area contributed by atoms with Crippen LogP contribution in [0, 0.1) is 5.92 Å². The summed E-state index contributed by atoms with van der Waals surface area (Å²) >= 11 is 0. The summed E-state index contributed by atoms with van der Waals surface area (Å²) in [6.45, 7) is 3.99. The number of urea groups is 1. The van der Waals surface area contributed by atoms with Crippen molar-refractivity contribution in [1.29, 1.82) is 0 Å². The predicted octanol–water partition coefficient (Wildman–Crippen LogP) is 2.27. The van der Waals surface area contributed by atoms with E-state index in [9.17, 15) is 4.79 Å². The molecular weight excluding hydrogens is 344 g/mol. The molecule has 0 unspecified atom stereocenters. The summed E-state index contributed by atoms with van der Waals surface area (Å²) in [7, 11) is 1.69. The molecule has 1 aromatic heterocycles. The highest BCUT2D eigenvalue weighted by atomic mass is 16.5. The molecule has 0 bridgehead atoms. The van der Waals surface area contributed by atoms with Crippen LogP contribution in [0.25, 0.3) is 0 Å². The van der Waals surface area contributed by atoms with Crippen molar-refractivity contribution >= 4 is 11.8 Å². The summed E-state index contributed by atoms with van der Waals surface area (Å²) in [6.07, 6.45) is 7.46. The third-order valence-electron chi connectivity index (χ3n) is 5.73. The highest BCUT2D eigenvalue weighted by Crippen LogP contribution is 2.33. The number of pyridine rings is 1. The zero-order valence-electron chi connectivity index (χ0n) is 16.1. The van der Waals surface area contributed by atoms with Crippen LogP contribution in [0.3, 0.4) is 0 Å². The summed E-state index contributed by atoms with van der Waals surface area (Å²) in [5, 5.41) is 3.15. The molecule has 0 radical (unpaired) electrons. The van der Waals surface area contributed by atoms with Crippen molar-refractivity contribution in [1.82, 2.24) is 15.2 Å². The zero-order chi connectivity index (χ0) is 18.6. The Bertz CT molecular complexity index is 646. The Hall–Kier alpha value is -2.02. The van der Waals surface area contributed by atoms with Gasteiger partial charge in [-0.2, -0.15) is 0 Å². The number of carbonyl (C=O) groups excluding carboxylic acids is 1. The number of hydrogen-bond donors (Lipinski definition) is 1. The fourth-order valence-corrected chi connectivity index (χ4v) is 4.05. The highest BCUT2D eigenvalue weighted by Gasteiger charge is 2.35. The molecule has 7 nitrogen and oxygen atoms in total. The predicted molar refractivity (Wildman–Crippen MR) is 103 cm³/mol. The molecule has 3 aliphatic rings. The first-order valence-corrected chi connectivity index (χ1v) is 10.2. The Labute approximate surface area is 161 Å². The first kappa shape index (κ1) is 18.3. The number of nitrogens with zero attached hydrogens (tertiary/aromatic N) is 3. The van der Waals surface area contributed by atoms with Crippen molar-refractivity contribution < 1.29 is 14.3 Å². The average molecular weight is 374 g/mol. The van der Waals surface area contributed by atoms with Gasteiger partial charge < -0.3 is 24.6 Å². The maximum absolute atomic E-state index is 12.6. The van der Waals surface area contributed by atoms with Crippen LogP contribution in [0.4, 0.5) is 10.6 Å². The lowest BCUT2D eigenvalue weighted by Gasteiger charge is -2.24. The summed E-state index contributed by atoms with van der Waals surface area (Å²) < 4.78 is 11.5. The average Bonchev–Trinajstić information content (AvgIpc) is 3.17. The number of ether oxygens (including phenoxy) is 2. The fraction of sp³-hybridized carbons (Fsp3) is 0.700. The van der Waals surface area contributed by atoms with E-state index >= 15 is 0 Å². The molecule has 3 heterocycles. The monoisotopic (exact) mass is 374 g/mol. The molecule has 0 aromatic carbocycles. The molecule has 2 saturated heterocycles. The molecule has 1 saturated carbocycles. The number of nitrogens with one attached hydrogen (secondary N) is 1. The normalized spacial score (nSPS) is 23.5. The van der Waals surface area contributed by atoms with Crippen molar-refractivity contribution in [3.05, 3.63) is 18.3 Å². The van der Waals surface area contributed by atoms with E-state index in [0.29, 0.717) is 19.1 Å². The van der Waals surface area contributed by atoms with Crippen molar-refractivity contribution in [2.75, 3.05) is 44.8 Å². The van der Waals surface area contributed by atoms with Crippen molar-refractivity contribution in [3.8, 4) is 5.75 Å². The fourth-order valence-electron chi connectivity index (χ4n) is 4.05. The van der Waals surface area contributed by atoms with E-state index in [1.165, 1.54) is 25.7 Å². The number of methoxy groups -OCH3 is 1. The number of anilines is 1. The lowest BCUT2D eigenvalue weighted by atomic mass is 10.2. The third kappa shape index (κ3) is 4.46. The van der Waals surface area contributed by atoms with E-state index < -0.39 is 0 Å². The van der Waals surface area contributed by atoms with Crippen molar-refractivity contribution in [3.63, 3.8) is 0 Å². The van der Waals surface area contributed by atoms with Gasteiger partial charge >= 0.3 is 6.03 Å². The molecule has 1 N–H and O–H groups in total. The molecule has 27 heavy (non-hydrogen) atoms. The van der Waals surface area contributed by atoms with Gasteiger partial charge in [0.1, 0.15) is 6.10 Å². The minimum absolute atomic E-state index is 0.000929. The molecule has 1 aliphatic carbocycles. The Morgan fingerprint density at radius 3 is 2.85 bits per heavy atom. The second kappa shape index (κ2) is 8.33. The minimum Gasteiger partial charge on any atom is -0.485 e. The topological polar surface area (TPSA) is 66.9 Å². The Morgan fingerprint density at radius 2 is 2.11 bits per heavy atom.